The first-order valence-corrected chi connectivity index (χ1v) is 8.79. The average molecular weight is 234 g/mol. The first-order valence-electron chi connectivity index (χ1n) is 5.88. The van der Waals surface area contributed by atoms with E-state index in [9.17, 15) is 0 Å². The highest BCUT2D eigenvalue weighted by atomic mass is 28.4. The molecule has 0 aliphatic heterocycles. The third-order valence-corrected chi connectivity index (χ3v) is 5.36. The summed E-state index contributed by atoms with van der Waals surface area (Å²) in [6, 6.07) is 8.48. The standard InChI is InChI=1S/C14H22OSi/c1-6-11-15-16(4,5)14-10-8-7-9-13(14)12(2)3/h7-10H,2,6,11H2,1,3-5H3. The van der Waals surface area contributed by atoms with Crippen molar-refractivity contribution >= 4 is 19.1 Å². The number of allylic oxidation sites excluding steroid dienone is 1. The second-order valence-electron chi connectivity index (χ2n) is 4.68. The predicted molar refractivity (Wildman–Crippen MR) is 74.5 cm³/mol. The molecule has 1 rings (SSSR count). The van der Waals surface area contributed by atoms with Crippen molar-refractivity contribution in [3.8, 4) is 0 Å². The Morgan fingerprint density at radius 2 is 1.94 bits per heavy atom. The molecule has 88 valence electrons. The van der Waals surface area contributed by atoms with E-state index in [1.807, 2.05) is 0 Å². The summed E-state index contributed by atoms with van der Waals surface area (Å²) < 4.78 is 6.05. The van der Waals surface area contributed by atoms with Crippen LogP contribution in [0.5, 0.6) is 0 Å². The Balaban J connectivity index is 3.06. The van der Waals surface area contributed by atoms with Crippen LogP contribution in [0, 0.1) is 0 Å². The highest BCUT2D eigenvalue weighted by Crippen LogP contribution is 2.15. The van der Waals surface area contributed by atoms with Crippen molar-refractivity contribution in [2.75, 3.05) is 6.61 Å². The normalized spacial score (nSPS) is 11.5. The van der Waals surface area contributed by atoms with Crippen LogP contribution in [-0.2, 0) is 4.43 Å². The zero-order valence-corrected chi connectivity index (χ0v) is 11.8. The highest BCUT2D eigenvalue weighted by molar-refractivity contribution is 6.85. The molecule has 0 heterocycles. The van der Waals surface area contributed by atoms with Crippen molar-refractivity contribution in [2.45, 2.75) is 33.4 Å². The third-order valence-electron chi connectivity index (χ3n) is 2.70. The van der Waals surface area contributed by atoms with Gasteiger partial charge in [-0.25, -0.2) is 0 Å². The monoisotopic (exact) mass is 234 g/mol. The minimum atomic E-state index is -1.77. The first-order chi connectivity index (χ1) is 7.49. The SMILES string of the molecule is C=C(C)c1ccccc1[Si](C)(C)OCCC. The van der Waals surface area contributed by atoms with E-state index in [-0.39, 0.29) is 0 Å². The van der Waals surface area contributed by atoms with Gasteiger partial charge in [0.15, 0.2) is 0 Å². The van der Waals surface area contributed by atoms with E-state index in [1.165, 1.54) is 10.8 Å². The second-order valence-corrected chi connectivity index (χ2v) is 8.53. The van der Waals surface area contributed by atoms with Gasteiger partial charge in [-0.15, -0.1) is 0 Å². The lowest BCUT2D eigenvalue weighted by atomic mass is 10.1. The van der Waals surface area contributed by atoms with E-state index in [4.69, 9.17) is 4.43 Å². The molecule has 0 N–H and O–H groups in total. The molecule has 0 aromatic heterocycles. The van der Waals surface area contributed by atoms with Gasteiger partial charge in [0.1, 0.15) is 0 Å². The van der Waals surface area contributed by atoms with Crippen molar-refractivity contribution in [3.05, 3.63) is 36.4 Å². The largest absolute Gasteiger partial charge is 0.413 e. The zero-order valence-electron chi connectivity index (χ0n) is 10.8. The van der Waals surface area contributed by atoms with Gasteiger partial charge < -0.3 is 4.43 Å². The fourth-order valence-corrected chi connectivity index (χ4v) is 4.13. The molecule has 0 saturated carbocycles. The minimum absolute atomic E-state index is 0.851. The van der Waals surface area contributed by atoms with Crippen LogP contribution in [0.15, 0.2) is 30.8 Å². The van der Waals surface area contributed by atoms with E-state index < -0.39 is 8.32 Å². The van der Waals surface area contributed by atoms with Crippen LogP contribution in [0.25, 0.3) is 5.57 Å². The lowest BCUT2D eigenvalue weighted by Crippen LogP contribution is -2.46. The highest BCUT2D eigenvalue weighted by Gasteiger charge is 2.27. The molecular weight excluding hydrogens is 212 g/mol. The number of hydrogen-bond acceptors (Lipinski definition) is 1. The summed E-state index contributed by atoms with van der Waals surface area (Å²) in [7, 11) is -1.77. The summed E-state index contributed by atoms with van der Waals surface area (Å²) in [6.45, 7) is 13.6. The third kappa shape index (κ3) is 3.06. The molecule has 2 heteroatoms. The molecule has 0 amide bonds. The Morgan fingerprint density at radius 3 is 2.50 bits per heavy atom. The maximum atomic E-state index is 6.05. The average Bonchev–Trinajstić information content (AvgIpc) is 2.26. The van der Waals surface area contributed by atoms with Gasteiger partial charge in [0, 0.05) is 6.61 Å². The molecule has 0 saturated heterocycles. The minimum Gasteiger partial charge on any atom is -0.413 e. The van der Waals surface area contributed by atoms with Crippen LogP contribution < -0.4 is 5.19 Å². The van der Waals surface area contributed by atoms with Gasteiger partial charge in [-0.2, -0.15) is 0 Å². The number of benzene rings is 1. The van der Waals surface area contributed by atoms with Crippen molar-refractivity contribution in [1.82, 2.24) is 0 Å². The van der Waals surface area contributed by atoms with Gasteiger partial charge in [-0.05, 0) is 37.2 Å². The number of hydrogen-bond donors (Lipinski definition) is 0. The molecule has 0 bridgehead atoms. The molecule has 0 fully saturated rings. The van der Waals surface area contributed by atoms with Crippen LogP contribution >= 0.6 is 0 Å². The Bertz CT molecular complexity index is 369. The summed E-state index contributed by atoms with van der Waals surface area (Å²) in [5, 5.41) is 1.36. The van der Waals surface area contributed by atoms with Crippen LogP contribution in [0.1, 0.15) is 25.8 Å². The van der Waals surface area contributed by atoms with E-state index in [0.717, 1.165) is 18.6 Å². The van der Waals surface area contributed by atoms with Crippen LogP contribution in [0.3, 0.4) is 0 Å². The predicted octanol–water partition coefficient (Wildman–Crippen LogP) is 3.56. The van der Waals surface area contributed by atoms with Crippen LogP contribution in [0.2, 0.25) is 13.1 Å². The van der Waals surface area contributed by atoms with E-state index >= 15 is 0 Å². The molecule has 1 nitrogen and oxygen atoms in total. The molecule has 0 aliphatic rings. The van der Waals surface area contributed by atoms with Gasteiger partial charge in [0.25, 0.3) is 0 Å². The Labute approximate surface area is 100 Å². The van der Waals surface area contributed by atoms with Gasteiger partial charge in [0.2, 0.25) is 8.32 Å². The Morgan fingerprint density at radius 1 is 1.31 bits per heavy atom. The maximum absolute atomic E-state index is 6.05. The topological polar surface area (TPSA) is 9.23 Å². The molecule has 1 aromatic rings. The lowest BCUT2D eigenvalue weighted by Gasteiger charge is -2.25. The molecule has 16 heavy (non-hydrogen) atoms. The maximum Gasteiger partial charge on any atom is 0.218 e. The number of rotatable bonds is 5. The summed E-state index contributed by atoms with van der Waals surface area (Å²) in [4.78, 5) is 0. The Hall–Kier alpha value is -0.863. The second kappa shape index (κ2) is 5.46. The molecule has 0 radical (unpaired) electrons. The van der Waals surface area contributed by atoms with E-state index in [0.29, 0.717) is 0 Å². The molecule has 1 aromatic carbocycles. The summed E-state index contributed by atoms with van der Waals surface area (Å²) in [6.07, 6.45) is 1.08. The smallest absolute Gasteiger partial charge is 0.218 e. The van der Waals surface area contributed by atoms with Crippen molar-refractivity contribution in [1.29, 1.82) is 0 Å². The van der Waals surface area contributed by atoms with E-state index in [2.05, 4.69) is 57.8 Å². The molecule has 0 spiro atoms. The first kappa shape index (κ1) is 13.2. The fourth-order valence-electron chi connectivity index (χ4n) is 1.82. The van der Waals surface area contributed by atoms with Gasteiger partial charge in [-0.3, -0.25) is 0 Å². The van der Waals surface area contributed by atoms with Crippen molar-refractivity contribution in [2.24, 2.45) is 0 Å². The van der Waals surface area contributed by atoms with Crippen molar-refractivity contribution in [3.63, 3.8) is 0 Å². The summed E-state index contributed by atoms with van der Waals surface area (Å²) in [5.74, 6) is 0. The summed E-state index contributed by atoms with van der Waals surface area (Å²) in [5.41, 5.74) is 2.38. The fraction of sp³-hybridized carbons (Fsp3) is 0.429. The summed E-state index contributed by atoms with van der Waals surface area (Å²) >= 11 is 0. The van der Waals surface area contributed by atoms with Gasteiger partial charge >= 0.3 is 0 Å². The molecular formula is C14H22OSi. The molecule has 0 atom stereocenters. The lowest BCUT2D eigenvalue weighted by molar-refractivity contribution is 0.315. The van der Waals surface area contributed by atoms with Crippen molar-refractivity contribution < 1.29 is 4.43 Å². The molecule has 0 aliphatic carbocycles. The van der Waals surface area contributed by atoms with Gasteiger partial charge in [0.05, 0.1) is 0 Å². The van der Waals surface area contributed by atoms with Crippen LogP contribution in [-0.4, -0.2) is 14.9 Å². The Kier molecular flexibility index (Phi) is 4.51. The van der Waals surface area contributed by atoms with E-state index in [1.54, 1.807) is 0 Å². The van der Waals surface area contributed by atoms with Gasteiger partial charge in [-0.1, -0.05) is 43.3 Å². The van der Waals surface area contributed by atoms with Crippen LogP contribution in [0.4, 0.5) is 0 Å². The molecule has 0 unspecified atom stereocenters. The zero-order chi connectivity index (χ0) is 12.2. The quantitative estimate of drug-likeness (QED) is 0.708.